The lowest BCUT2D eigenvalue weighted by Gasteiger charge is -2.26. The summed E-state index contributed by atoms with van der Waals surface area (Å²) in [4.78, 5) is 4.29. The summed E-state index contributed by atoms with van der Waals surface area (Å²) in [7, 11) is 0. The van der Waals surface area contributed by atoms with E-state index in [2.05, 4.69) is 10.3 Å². The first kappa shape index (κ1) is 13.6. The van der Waals surface area contributed by atoms with Gasteiger partial charge in [-0.25, -0.2) is 0 Å². The maximum Gasteiger partial charge on any atom is 0.239 e. The van der Waals surface area contributed by atoms with E-state index in [0.29, 0.717) is 30.4 Å². The molecule has 0 saturated heterocycles. The van der Waals surface area contributed by atoms with E-state index in [9.17, 15) is 0 Å². The molecule has 0 amide bonds. The van der Waals surface area contributed by atoms with Gasteiger partial charge in [0.25, 0.3) is 0 Å². The minimum absolute atomic E-state index is 0.132. The molecule has 0 unspecified atom stereocenters. The zero-order valence-corrected chi connectivity index (χ0v) is 10.7. The first-order chi connectivity index (χ1) is 7.98. The summed E-state index contributed by atoms with van der Waals surface area (Å²) < 4.78 is 5.33. The smallest absolute Gasteiger partial charge is 0.239 e. The van der Waals surface area contributed by atoms with E-state index in [1.165, 1.54) is 0 Å². The molecule has 1 aromatic rings. The van der Waals surface area contributed by atoms with Crippen molar-refractivity contribution >= 4 is 11.5 Å². The molecule has 1 heterocycles. The number of rotatable bonds is 6. The van der Waals surface area contributed by atoms with Crippen LogP contribution in [0.4, 0.5) is 11.5 Å². The van der Waals surface area contributed by atoms with Crippen molar-refractivity contribution < 1.29 is 9.84 Å². The third-order valence-electron chi connectivity index (χ3n) is 2.37. The van der Waals surface area contributed by atoms with Crippen molar-refractivity contribution in [2.75, 3.05) is 24.3 Å². The van der Waals surface area contributed by atoms with Crippen molar-refractivity contribution in [2.45, 2.75) is 32.7 Å². The monoisotopic (exact) mass is 239 g/mol. The normalized spacial score (nSPS) is 11.3. The number of pyridine rings is 1. The fraction of sp³-hybridized carbons (Fsp3) is 0.583. The van der Waals surface area contributed by atoms with E-state index < -0.39 is 0 Å². The van der Waals surface area contributed by atoms with E-state index in [1.807, 2.05) is 20.8 Å². The molecule has 4 N–H and O–H groups in total. The summed E-state index contributed by atoms with van der Waals surface area (Å²) in [6.45, 7) is 6.55. The molecule has 0 aliphatic rings. The number of nitrogens with two attached hydrogens (primary N) is 1. The molecule has 1 rings (SSSR count). The SMILES string of the molecule is CCOc1nc(NC(C)(C)CCO)ccc1N. The predicted molar refractivity (Wildman–Crippen MR) is 69.2 cm³/mol. The zero-order valence-electron chi connectivity index (χ0n) is 10.7. The molecule has 0 spiro atoms. The molecule has 1 aromatic heterocycles. The van der Waals surface area contributed by atoms with Crippen molar-refractivity contribution in [1.29, 1.82) is 0 Å². The lowest BCUT2D eigenvalue weighted by molar-refractivity contribution is 0.260. The molecule has 0 radical (unpaired) electrons. The van der Waals surface area contributed by atoms with Gasteiger partial charge in [-0.3, -0.25) is 0 Å². The first-order valence-corrected chi connectivity index (χ1v) is 5.77. The van der Waals surface area contributed by atoms with Crippen LogP contribution in [0.2, 0.25) is 0 Å². The lowest BCUT2D eigenvalue weighted by Crippen LogP contribution is -2.32. The molecular weight excluding hydrogens is 218 g/mol. The molecule has 96 valence electrons. The van der Waals surface area contributed by atoms with Gasteiger partial charge in [0, 0.05) is 12.1 Å². The Bertz CT molecular complexity index is 367. The van der Waals surface area contributed by atoms with Gasteiger partial charge in [-0.2, -0.15) is 4.98 Å². The fourth-order valence-electron chi connectivity index (χ4n) is 1.46. The predicted octanol–water partition coefficient (Wildman–Crippen LogP) is 1.64. The third kappa shape index (κ3) is 4.11. The van der Waals surface area contributed by atoms with Crippen molar-refractivity contribution in [3.05, 3.63) is 12.1 Å². The highest BCUT2D eigenvalue weighted by atomic mass is 16.5. The summed E-state index contributed by atoms with van der Waals surface area (Å²) in [5, 5.41) is 12.2. The second-order valence-electron chi connectivity index (χ2n) is 4.51. The van der Waals surface area contributed by atoms with E-state index >= 15 is 0 Å². The number of hydrogen-bond donors (Lipinski definition) is 3. The minimum Gasteiger partial charge on any atom is -0.476 e. The molecule has 0 aliphatic carbocycles. The molecular formula is C12H21N3O2. The van der Waals surface area contributed by atoms with Gasteiger partial charge in [0.2, 0.25) is 5.88 Å². The molecule has 0 saturated carbocycles. The van der Waals surface area contributed by atoms with Gasteiger partial charge in [-0.05, 0) is 39.3 Å². The average Bonchev–Trinajstić information content (AvgIpc) is 2.23. The molecule has 0 aliphatic heterocycles. The number of anilines is 2. The van der Waals surface area contributed by atoms with Crippen LogP contribution in [-0.4, -0.2) is 28.8 Å². The van der Waals surface area contributed by atoms with Crippen LogP contribution in [0.25, 0.3) is 0 Å². The number of ether oxygens (including phenoxy) is 1. The van der Waals surface area contributed by atoms with Crippen molar-refractivity contribution in [3.8, 4) is 5.88 Å². The highest BCUT2D eigenvalue weighted by molar-refractivity contribution is 5.54. The summed E-state index contributed by atoms with van der Waals surface area (Å²) in [5.41, 5.74) is 6.05. The molecule has 0 atom stereocenters. The van der Waals surface area contributed by atoms with Crippen LogP contribution in [-0.2, 0) is 0 Å². The maximum absolute atomic E-state index is 8.96. The van der Waals surface area contributed by atoms with Gasteiger partial charge in [-0.15, -0.1) is 0 Å². The number of aliphatic hydroxyl groups is 1. The van der Waals surface area contributed by atoms with Crippen LogP contribution >= 0.6 is 0 Å². The van der Waals surface area contributed by atoms with Crippen LogP contribution in [0.5, 0.6) is 5.88 Å². The average molecular weight is 239 g/mol. The van der Waals surface area contributed by atoms with Gasteiger partial charge in [0.05, 0.1) is 12.3 Å². The zero-order chi connectivity index (χ0) is 12.9. The van der Waals surface area contributed by atoms with E-state index in [0.717, 1.165) is 0 Å². The standard InChI is InChI=1S/C12H21N3O2/c1-4-17-11-9(13)5-6-10(14-11)15-12(2,3)7-8-16/h5-6,16H,4,7-8,13H2,1-3H3,(H,14,15). The molecule has 0 aromatic carbocycles. The van der Waals surface area contributed by atoms with E-state index in [1.54, 1.807) is 12.1 Å². The van der Waals surface area contributed by atoms with Gasteiger partial charge in [0.1, 0.15) is 5.82 Å². The van der Waals surface area contributed by atoms with Gasteiger partial charge < -0.3 is 20.9 Å². The molecule has 0 fully saturated rings. The molecule has 17 heavy (non-hydrogen) atoms. The third-order valence-corrected chi connectivity index (χ3v) is 2.37. The largest absolute Gasteiger partial charge is 0.476 e. The highest BCUT2D eigenvalue weighted by Gasteiger charge is 2.17. The Balaban J connectivity index is 2.81. The topological polar surface area (TPSA) is 80.4 Å². The number of nitrogen functional groups attached to an aromatic ring is 1. The number of nitrogens with zero attached hydrogens (tertiary/aromatic N) is 1. The maximum atomic E-state index is 8.96. The number of hydrogen-bond acceptors (Lipinski definition) is 5. The highest BCUT2D eigenvalue weighted by Crippen LogP contribution is 2.23. The van der Waals surface area contributed by atoms with Crippen LogP contribution < -0.4 is 15.8 Å². The van der Waals surface area contributed by atoms with E-state index in [-0.39, 0.29) is 12.1 Å². The van der Waals surface area contributed by atoms with Gasteiger partial charge >= 0.3 is 0 Å². The Morgan fingerprint density at radius 3 is 2.76 bits per heavy atom. The number of aliphatic hydroxyl groups excluding tert-OH is 1. The molecule has 0 bridgehead atoms. The Labute approximate surface area is 102 Å². The summed E-state index contributed by atoms with van der Waals surface area (Å²) in [6, 6.07) is 3.56. The Hall–Kier alpha value is -1.49. The fourth-order valence-corrected chi connectivity index (χ4v) is 1.46. The van der Waals surface area contributed by atoms with Crippen molar-refractivity contribution in [3.63, 3.8) is 0 Å². The Kier molecular flexibility index (Phi) is 4.57. The molecule has 5 heteroatoms. The van der Waals surface area contributed by atoms with Crippen LogP contribution in [0, 0.1) is 0 Å². The molecule has 5 nitrogen and oxygen atoms in total. The second-order valence-corrected chi connectivity index (χ2v) is 4.51. The van der Waals surface area contributed by atoms with Crippen LogP contribution in [0.15, 0.2) is 12.1 Å². The van der Waals surface area contributed by atoms with Gasteiger partial charge in [0.15, 0.2) is 0 Å². The summed E-state index contributed by atoms with van der Waals surface area (Å²) in [5.74, 6) is 1.14. The summed E-state index contributed by atoms with van der Waals surface area (Å²) >= 11 is 0. The van der Waals surface area contributed by atoms with Crippen LogP contribution in [0.1, 0.15) is 27.2 Å². The van der Waals surface area contributed by atoms with Crippen LogP contribution in [0.3, 0.4) is 0 Å². The second kappa shape index (κ2) is 5.72. The number of nitrogens with one attached hydrogen (secondary N) is 1. The minimum atomic E-state index is -0.221. The van der Waals surface area contributed by atoms with Gasteiger partial charge in [-0.1, -0.05) is 0 Å². The van der Waals surface area contributed by atoms with Crippen molar-refractivity contribution in [1.82, 2.24) is 4.98 Å². The first-order valence-electron chi connectivity index (χ1n) is 5.77. The Morgan fingerprint density at radius 2 is 2.18 bits per heavy atom. The van der Waals surface area contributed by atoms with E-state index in [4.69, 9.17) is 15.6 Å². The summed E-state index contributed by atoms with van der Waals surface area (Å²) in [6.07, 6.45) is 0.642. The Morgan fingerprint density at radius 1 is 1.47 bits per heavy atom. The number of aromatic nitrogens is 1. The lowest BCUT2D eigenvalue weighted by atomic mass is 10.0. The quantitative estimate of drug-likeness (QED) is 0.703. The van der Waals surface area contributed by atoms with Crippen molar-refractivity contribution in [2.24, 2.45) is 0 Å².